The van der Waals surface area contributed by atoms with Gasteiger partial charge in [0.15, 0.2) is 0 Å². The number of nitrogens with zero attached hydrogens (tertiary/aromatic N) is 2. The predicted octanol–water partition coefficient (Wildman–Crippen LogP) is 2.94. The van der Waals surface area contributed by atoms with Crippen molar-refractivity contribution in [3.8, 4) is 0 Å². The number of amides is 1. The van der Waals surface area contributed by atoms with Crippen LogP contribution in [0, 0.1) is 17.0 Å². The molecule has 20 heavy (non-hydrogen) atoms. The van der Waals surface area contributed by atoms with Gasteiger partial charge in [0.25, 0.3) is 11.6 Å². The first-order valence-corrected chi connectivity index (χ1v) is 6.80. The molecule has 1 N–H and O–H groups in total. The number of rotatable bonds is 4. The van der Waals surface area contributed by atoms with Gasteiger partial charge in [-0.05, 0) is 19.1 Å². The van der Waals surface area contributed by atoms with Crippen LogP contribution in [-0.4, -0.2) is 15.8 Å². The highest BCUT2D eigenvalue weighted by Crippen LogP contribution is 2.25. The van der Waals surface area contributed by atoms with Gasteiger partial charge in [-0.3, -0.25) is 14.9 Å². The van der Waals surface area contributed by atoms with Crippen molar-refractivity contribution < 1.29 is 9.72 Å². The van der Waals surface area contributed by atoms with Crippen molar-refractivity contribution in [2.75, 3.05) is 0 Å². The van der Waals surface area contributed by atoms with Crippen molar-refractivity contribution >= 4 is 34.5 Å². The molecule has 2 rings (SSSR count). The van der Waals surface area contributed by atoms with Gasteiger partial charge in [-0.1, -0.05) is 11.6 Å². The van der Waals surface area contributed by atoms with Gasteiger partial charge in [-0.2, -0.15) is 0 Å². The summed E-state index contributed by atoms with van der Waals surface area (Å²) in [5.74, 6) is -0.340. The predicted molar refractivity (Wildman–Crippen MR) is 76.1 cm³/mol. The van der Waals surface area contributed by atoms with Crippen LogP contribution < -0.4 is 5.32 Å². The molecule has 0 fully saturated rings. The summed E-state index contributed by atoms with van der Waals surface area (Å²) in [5.41, 5.74) is 0.0585. The molecule has 0 aliphatic carbocycles. The number of nitro benzene ring substituents is 1. The molecule has 0 radical (unpaired) electrons. The summed E-state index contributed by atoms with van der Waals surface area (Å²) in [5, 5.41) is 14.2. The Kier molecular flexibility index (Phi) is 4.31. The Bertz CT molecular complexity index is 672. The van der Waals surface area contributed by atoms with Gasteiger partial charge in [-0.25, -0.2) is 4.98 Å². The summed E-state index contributed by atoms with van der Waals surface area (Å²) in [6.07, 6.45) is 1.70. The largest absolute Gasteiger partial charge is 0.347 e. The van der Waals surface area contributed by atoms with Gasteiger partial charge in [-0.15, -0.1) is 11.3 Å². The number of thiazole rings is 1. The SMILES string of the molecule is Cc1ncc(CNC(=O)c2ccc([N+](=O)[O-])c(Cl)c2)s1. The van der Waals surface area contributed by atoms with Crippen molar-refractivity contribution in [3.05, 3.63) is 55.0 Å². The van der Waals surface area contributed by atoms with Crippen LogP contribution in [0.3, 0.4) is 0 Å². The first-order valence-electron chi connectivity index (χ1n) is 5.61. The van der Waals surface area contributed by atoms with E-state index in [0.717, 1.165) is 9.88 Å². The molecule has 1 amide bonds. The Morgan fingerprint density at radius 2 is 2.30 bits per heavy atom. The van der Waals surface area contributed by atoms with Crippen LogP contribution in [0.25, 0.3) is 0 Å². The lowest BCUT2D eigenvalue weighted by atomic mass is 10.2. The van der Waals surface area contributed by atoms with Gasteiger partial charge in [0, 0.05) is 22.7 Å². The van der Waals surface area contributed by atoms with Gasteiger partial charge >= 0.3 is 0 Å². The number of halogens is 1. The molecule has 0 spiro atoms. The van der Waals surface area contributed by atoms with E-state index in [2.05, 4.69) is 10.3 Å². The number of carbonyl (C=O) groups is 1. The number of carbonyl (C=O) groups excluding carboxylic acids is 1. The highest BCUT2D eigenvalue weighted by molar-refractivity contribution is 7.11. The Labute approximate surface area is 123 Å². The third-order valence-corrected chi connectivity index (χ3v) is 3.71. The summed E-state index contributed by atoms with van der Waals surface area (Å²) >= 11 is 7.25. The zero-order chi connectivity index (χ0) is 14.7. The molecule has 0 atom stereocenters. The van der Waals surface area contributed by atoms with E-state index in [-0.39, 0.29) is 22.2 Å². The maximum absolute atomic E-state index is 11.9. The standard InChI is InChI=1S/C12H10ClN3O3S/c1-7-14-5-9(20-7)6-15-12(17)8-2-3-11(16(18)19)10(13)4-8/h2-5H,6H2,1H3,(H,15,17). The zero-order valence-corrected chi connectivity index (χ0v) is 12.0. The molecular formula is C12H10ClN3O3S. The Morgan fingerprint density at radius 1 is 1.55 bits per heavy atom. The number of aryl methyl sites for hydroxylation is 1. The number of aromatic nitrogens is 1. The second-order valence-corrected chi connectivity index (χ2v) is 5.68. The Hall–Kier alpha value is -1.99. The van der Waals surface area contributed by atoms with Gasteiger partial charge < -0.3 is 5.32 Å². The molecule has 0 unspecified atom stereocenters. The van der Waals surface area contributed by atoms with Crippen LogP contribution in [0.4, 0.5) is 5.69 Å². The molecular weight excluding hydrogens is 302 g/mol. The van der Waals surface area contributed by atoms with Crippen molar-refractivity contribution in [3.63, 3.8) is 0 Å². The Morgan fingerprint density at radius 3 is 2.85 bits per heavy atom. The van der Waals surface area contributed by atoms with E-state index in [1.54, 1.807) is 6.20 Å². The smallest absolute Gasteiger partial charge is 0.287 e. The van der Waals surface area contributed by atoms with E-state index in [9.17, 15) is 14.9 Å². The molecule has 1 aromatic heterocycles. The second kappa shape index (κ2) is 5.98. The molecule has 0 saturated carbocycles. The number of hydrogen-bond acceptors (Lipinski definition) is 5. The minimum atomic E-state index is -0.593. The van der Waals surface area contributed by atoms with Crippen LogP contribution in [-0.2, 0) is 6.54 Å². The van der Waals surface area contributed by atoms with E-state index in [0.29, 0.717) is 6.54 Å². The number of hydrogen-bond donors (Lipinski definition) is 1. The summed E-state index contributed by atoms with van der Waals surface area (Å²) in [4.78, 5) is 27.0. The molecule has 0 aliphatic rings. The summed E-state index contributed by atoms with van der Waals surface area (Å²) in [6.45, 7) is 2.24. The quantitative estimate of drug-likeness (QED) is 0.695. The van der Waals surface area contributed by atoms with Crippen LogP contribution in [0.1, 0.15) is 20.2 Å². The molecule has 1 aromatic carbocycles. The fourth-order valence-electron chi connectivity index (χ4n) is 1.55. The maximum atomic E-state index is 11.9. The van der Waals surface area contributed by atoms with Crippen molar-refractivity contribution in [1.29, 1.82) is 0 Å². The van der Waals surface area contributed by atoms with Crippen LogP contribution in [0.15, 0.2) is 24.4 Å². The highest BCUT2D eigenvalue weighted by atomic mass is 35.5. The van der Waals surface area contributed by atoms with Crippen LogP contribution in [0.5, 0.6) is 0 Å². The molecule has 0 aliphatic heterocycles. The fourth-order valence-corrected chi connectivity index (χ4v) is 2.54. The number of nitro groups is 1. The second-order valence-electron chi connectivity index (χ2n) is 3.95. The number of benzene rings is 1. The van der Waals surface area contributed by atoms with Crippen molar-refractivity contribution in [1.82, 2.24) is 10.3 Å². The topological polar surface area (TPSA) is 85.1 Å². The maximum Gasteiger partial charge on any atom is 0.287 e. The zero-order valence-electron chi connectivity index (χ0n) is 10.4. The minimum absolute atomic E-state index is 0.0590. The van der Waals surface area contributed by atoms with E-state index in [1.165, 1.54) is 29.5 Å². The highest BCUT2D eigenvalue weighted by Gasteiger charge is 2.15. The number of nitrogens with one attached hydrogen (secondary N) is 1. The van der Waals surface area contributed by atoms with E-state index >= 15 is 0 Å². The lowest BCUT2D eigenvalue weighted by Crippen LogP contribution is -2.22. The fraction of sp³-hybridized carbons (Fsp3) is 0.167. The summed E-state index contributed by atoms with van der Waals surface area (Å²) in [6, 6.07) is 3.87. The first kappa shape index (κ1) is 14.4. The summed E-state index contributed by atoms with van der Waals surface area (Å²) < 4.78 is 0. The Balaban J connectivity index is 2.06. The molecule has 8 heteroatoms. The normalized spacial score (nSPS) is 10.3. The van der Waals surface area contributed by atoms with Gasteiger partial charge in [0.2, 0.25) is 0 Å². The van der Waals surface area contributed by atoms with Crippen LogP contribution in [0.2, 0.25) is 5.02 Å². The van der Waals surface area contributed by atoms with Crippen LogP contribution >= 0.6 is 22.9 Å². The molecule has 0 saturated heterocycles. The van der Waals surface area contributed by atoms with Gasteiger partial charge in [0.05, 0.1) is 16.5 Å². The molecule has 104 valence electrons. The minimum Gasteiger partial charge on any atom is -0.347 e. The average molecular weight is 312 g/mol. The third kappa shape index (κ3) is 3.31. The third-order valence-electron chi connectivity index (χ3n) is 2.50. The van der Waals surface area contributed by atoms with Crippen molar-refractivity contribution in [2.45, 2.75) is 13.5 Å². The van der Waals surface area contributed by atoms with Gasteiger partial charge in [0.1, 0.15) is 5.02 Å². The average Bonchev–Trinajstić information content (AvgIpc) is 2.81. The van der Waals surface area contributed by atoms with E-state index in [1.807, 2.05) is 6.92 Å². The van der Waals surface area contributed by atoms with E-state index < -0.39 is 4.92 Å². The lowest BCUT2D eigenvalue weighted by Gasteiger charge is -2.04. The molecule has 6 nitrogen and oxygen atoms in total. The molecule has 0 bridgehead atoms. The summed E-state index contributed by atoms with van der Waals surface area (Å²) in [7, 11) is 0. The molecule has 1 heterocycles. The first-order chi connectivity index (χ1) is 9.47. The monoisotopic (exact) mass is 311 g/mol. The van der Waals surface area contributed by atoms with Crippen molar-refractivity contribution in [2.24, 2.45) is 0 Å². The lowest BCUT2D eigenvalue weighted by molar-refractivity contribution is -0.384. The van der Waals surface area contributed by atoms with E-state index in [4.69, 9.17) is 11.6 Å². The molecule has 2 aromatic rings.